The predicted molar refractivity (Wildman–Crippen MR) is 56.5 cm³/mol. The number of carboxylic acid groups (broad SMARTS) is 1. The fourth-order valence-electron chi connectivity index (χ4n) is 1.21. The zero-order valence-electron chi connectivity index (χ0n) is 9.15. The zero-order valence-corrected chi connectivity index (χ0v) is 9.15. The molecule has 0 aromatic carbocycles. The Bertz CT molecular complexity index is 361. The Morgan fingerprint density at radius 1 is 1.60 bits per heavy atom. The molecule has 1 N–H and O–H groups in total. The standard InChI is InChI=1S/C11H15NO3/c1-4-15-10-6-12-9(7(2)3)5-8(10)11(13)14/h5-7H,4H2,1-3H3,(H,13,14). The smallest absolute Gasteiger partial charge is 0.339 e. The molecule has 0 bridgehead atoms. The number of carbonyl (C=O) groups is 1. The number of pyridine rings is 1. The second-order valence-electron chi connectivity index (χ2n) is 3.50. The molecule has 0 aliphatic carbocycles. The lowest BCUT2D eigenvalue weighted by Gasteiger charge is -2.10. The summed E-state index contributed by atoms with van der Waals surface area (Å²) >= 11 is 0. The molecule has 1 aromatic rings. The molecule has 0 saturated heterocycles. The van der Waals surface area contributed by atoms with Crippen molar-refractivity contribution in [3.8, 4) is 5.75 Å². The number of rotatable bonds is 4. The molecular formula is C11H15NO3. The number of aromatic carboxylic acids is 1. The maximum Gasteiger partial charge on any atom is 0.339 e. The average molecular weight is 209 g/mol. The average Bonchev–Trinajstić information content (AvgIpc) is 2.18. The minimum Gasteiger partial charge on any atom is -0.491 e. The van der Waals surface area contributed by atoms with Gasteiger partial charge in [0.05, 0.1) is 12.8 Å². The van der Waals surface area contributed by atoms with Gasteiger partial charge in [-0.25, -0.2) is 4.79 Å². The van der Waals surface area contributed by atoms with Gasteiger partial charge in [-0.2, -0.15) is 0 Å². The van der Waals surface area contributed by atoms with Gasteiger partial charge >= 0.3 is 5.97 Å². The number of carboxylic acids is 1. The largest absolute Gasteiger partial charge is 0.491 e. The molecule has 82 valence electrons. The molecule has 0 spiro atoms. The van der Waals surface area contributed by atoms with E-state index in [9.17, 15) is 4.79 Å². The van der Waals surface area contributed by atoms with E-state index in [-0.39, 0.29) is 11.5 Å². The Morgan fingerprint density at radius 3 is 2.73 bits per heavy atom. The summed E-state index contributed by atoms with van der Waals surface area (Å²) < 4.78 is 5.19. The van der Waals surface area contributed by atoms with Crippen molar-refractivity contribution in [2.75, 3.05) is 6.61 Å². The van der Waals surface area contributed by atoms with Crippen LogP contribution in [-0.4, -0.2) is 22.7 Å². The second kappa shape index (κ2) is 4.77. The zero-order chi connectivity index (χ0) is 11.4. The van der Waals surface area contributed by atoms with Crippen LogP contribution < -0.4 is 4.74 Å². The number of aromatic nitrogens is 1. The van der Waals surface area contributed by atoms with Gasteiger partial charge in [-0.05, 0) is 18.9 Å². The Morgan fingerprint density at radius 2 is 2.27 bits per heavy atom. The van der Waals surface area contributed by atoms with Crippen LogP contribution in [0.1, 0.15) is 42.7 Å². The lowest BCUT2D eigenvalue weighted by atomic mass is 10.1. The lowest BCUT2D eigenvalue weighted by Crippen LogP contribution is -2.06. The highest BCUT2D eigenvalue weighted by Crippen LogP contribution is 2.21. The van der Waals surface area contributed by atoms with Gasteiger partial charge in [0.25, 0.3) is 0 Å². The van der Waals surface area contributed by atoms with Crippen molar-refractivity contribution in [1.82, 2.24) is 4.98 Å². The van der Waals surface area contributed by atoms with Crippen LogP contribution in [0.4, 0.5) is 0 Å². The van der Waals surface area contributed by atoms with Crippen LogP contribution in [-0.2, 0) is 0 Å². The van der Waals surface area contributed by atoms with Crippen molar-refractivity contribution >= 4 is 5.97 Å². The number of nitrogens with zero attached hydrogens (tertiary/aromatic N) is 1. The van der Waals surface area contributed by atoms with Crippen molar-refractivity contribution < 1.29 is 14.6 Å². The van der Waals surface area contributed by atoms with Crippen LogP contribution in [0.25, 0.3) is 0 Å². The second-order valence-corrected chi connectivity index (χ2v) is 3.50. The van der Waals surface area contributed by atoms with E-state index >= 15 is 0 Å². The van der Waals surface area contributed by atoms with Crippen molar-refractivity contribution in [2.24, 2.45) is 0 Å². The molecule has 0 radical (unpaired) electrons. The normalized spacial score (nSPS) is 10.4. The minimum atomic E-state index is -0.984. The van der Waals surface area contributed by atoms with Gasteiger partial charge in [0.2, 0.25) is 0 Å². The van der Waals surface area contributed by atoms with Crippen molar-refractivity contribution in [1.29, 1.82) is 0 Å². The van der Waals surface area contributed by atoms with Crippen LogP contribution >= 0.6 is 0 Å². The van der Waals surface area contributed by atoms with E-state index in [0.717, 1.165) is 5.69 Å². The molecule has 0 amide bonds. The van der Waals surface area contributed by atoms with Crippen LogP contribution in [0.15, 0.2) is 12.3 Å². The maximum absolute atomic E-state index is 11.0. The van der Waals surface area contributed by atoms with Gasteiger partial charge in [-0.3, -0.25) is 4.98 Å². The molecule has 4 heteroatoms. The van der Waals surface area contributed by atoms with Crippen LogP contribution in [0.2, 0.25) is 0 Å². The van der Waals surface area contributed by atoms with Gasteiger partial charge in [-0.1, -0.05) is 13.8 Å². The van der Waals surface area contributed by atoms with Crippen LogP contribution in [0, 0.1) is 0 Å². The Kier molecular flexibility index (Phi) is 3.66. The summed E-state index contributed by atoms with van der Waals surface area (Å²) in [5.74, 6) is -0.448. The third-order valence-electron chi connectivity index (χ3n) is 2.01. The van der Waals surface area contributed by atoms with Crippen molar-refractivity contribution in [3.63, 3.8) is 0 Å². The summed E-state index contributed by atoms with van der Waals surface area (Å²) in [5, 5.41) is 8.99. The summed E-state index contributed by atoms with van der Waals surface area (Å²) in [6.45, 7) is 6.17. The quantitative estimate of drug-likeness (QED) is 0.826. The van der Waals surface area contributed by atoms with E-state index in [1.807, 2.05) is 20.8 Å². The summed E-state index contributed by atoms with van der Waals surface area (Å²) in [6, 6.07) is 1.57. The van der Waals surface area contributed by atoms with Crippen molar-refractivity contribution in [3.05, 3.63) is 23.5 Å². The topological polar surface area (TPSA) is 59.4 Å². The third kappa shape index (κ3) is 2.68. The first kappa shape index (κ1) is 11.5. The summed E-state index contributed by atoms with van der Waals surface area (Å²) in [5.41, 5.74) is 0.936. The molecule has 1 heterocycles. The first-order chi connectivity index (χ1) is 7.06. The molecule has 0 aliphatic rings. The third-order valence-corrected chi connectivity index (χ3v) is 2.01. The fraction of sp³-hybridized carbons (Fsp3) is 0.455. The molecule has 0 aliphatic heterocycles. The van der Waals surface area contributed by atoms with Gasteiger partial charge in [-0.15, -0.1) is 0 Å². The number of hydrogen-bond acceptors (Lipinski definition) is 3. The minimum absolute atomic E-state index is 0.176. The Hall–Kier alpha value is -1.58. The fourth-order valence-corrected chi connectivity index (χ4v) is 1.21. The summed E-state index contributed by atoms with van der Waals surface area (Å²) in [7, 11) is 0. The van der Waals surface area contributed by atoms with E-state index in [1.54, 1.807) is 6.07 Å². The first-order valence-corrected chi connectivity index (χ1v) is 4.92. The molecule has 1 aromatic heterocycles. The molecule has 4 nitrogen and oxygen atoms in total. The van der Waals surface area contributed by atoms with Gasteiger partial charge in [0.15, 0.2) is 5.75 Å². The van der Waals surface area contributed by atoms with Crippen molar-refractivity contribution in [2.45, 2.75) is 26.7 Å². The molecule has 0 atom stereocenters. The monoisotopic (exact) mass is 209 g/mol. The summed E-state index contributed by atoms with van der Waals surface area (Å²) in [4.78, 5) is 15.1. The first-order valence-electron chi connectivity index (χ1n) is 4.92. The van der Waals surface area contributed by atoms with Gasteiger partial charge in [0, 0.05) is 5.69 Å². The summed E-state index contributed by atoms with van der Waals surface area (Å²) in [6.07, 6.45) is 1.47. The SMILES string of the molecule is CCOc1cnc(C(C)C)cc1C(=O)O. The number of hydrogen-bond donors (Lipinski definition) is 1. The highest BCUT2D eigenvalue weighted by molar-refractivity contribution is 5.90. The molecule has 0 unspecified atom stereocenters. The van der Waals surface area contributed by atoms with Gasteiger partial charge < -0.3 is 9.84 Å². The Balaban J connectivity index is 3.14. The lowest BCUT2D eigenvalue weighted by molar-refractivity contribution is 0.0692. The maximum atomic E-state index is 11.0. The highest BCUT2D eigenvalue weighted by Gasteiger charge is 2.14. The van der Waals surface area contributed by atoms with E-state index in [1.165, 1.54) is 6.20 Å². The molecule has 1 rings (SSSR count). The molecule has 0 saturated carbocycles. The molecule has 0 fully saturated rings. The van der Waals surface area contributed by atoms with Crippen LogP contribution in [0.3, 0.4) is 0 Å². The highest BCUT2D eigenvalue weighted by atomic mass is 16.5. The van der Waals surface area contributed by atoms with Crippen LogP contribution in [0.5, 0.6) is 5.75 Å². The van der Waals surface area contributed by atoms with E-state index in [4.69, 9.17) is 9.84 Å². The Labute approximate surface area is 88.9 Å². The van der Waals surface area contributed by atoms with E-state index < -0.39 is 5.97 Å². The molecular weight excluding hydrogens is 194 g/mol. The molecule has 15 heavy (non-hydrogen) atoms. The predicted octanol–water partition coefficient (Wildman–Crippen LogP) is 2.30. The number of ether oxygens (including phenoxy) is 1. The van der Waals surface area contributed by atoms with Gasteiger partial charge in [0.1, 0.15) is 5.56 Å². The van der Waals surface area contributed by atoms with E-state index in [0.29, 0.717) is 12.4 Å². The van der Waals surface area contributed by atoms with E-state index in [2.05, 4.69) is 4.98 Å².